The summed E-state index contributed by atoms with van der Waals surface area (Å²) in [5.74, 6) is 0. The smallest absolute Gasteiger partial charge is 0.0794 e. The quantitative estimate of drug-likeness (QED) is 0.113. The summed E-state index contributed by atoms with van der Waals surface area (Å²) in [7, 11) is 0. The molecule has 6 heteroatoms. The highest BCUT2D eigenvalue weighted by atomic mass is 14.7. The molecule has 29 aromatic rings. The van der Waals surface area contributed by atoms with Crippen LogP contribution in [0.2, 0.25) is 0 Å². The second kappa shape index (κ2) is 36.7. The monoisotopic (exact) mass is 1850 g/mol. The molecule has 146 heavy (non-hydrogen) atoms. The largest absolute Gasteiger partial charge is 0.265 e. The number of nitrogens with zero attached hydrogens (tertiary/aromatic N) is 6. The Morgan fingerprint density at radius 2 is 0.377 bits per heavy atom. The van der Waals surface area contributed by atoms with Crippen molar-refractivity contribution in [1.29, 1.82) is 0 Å². The van der Waals surface area contributed by atoms with Crippen LogP contribution in [0.5, 0.6) is 0 Å². The predicted molar refractivity (Wildman–Crippen MR) is 616 cm³/mol. The molecule has 0 aliphatic heterocycles. The average molecular weight is 1850 g/mol. The van der Waals surface area contributed by atoms with Gasteiger partial charge in [-0.05, 0) is 242 Å². The summed E-state index contributed by atoms with van der Waals surface area (Å²) in [5, 5.41) is 27.4. The first-order valence-electron chi connectivity index (χ1n) is 49.8. The molecule has 6 heterocycles. The molecule has 6 nitrogen and oxygen atoms in total. The van der Waals surface area contributed by atoms with Gasteiger partial charge in [-0.15, -0.1) is 0 Å². The van der Waals surface area contributed by atoms with Crippen LogP contribution in [0.3, 0.4) is 0 Å². The molecular formula is C140H88N6. The Hall–Kier alpha value is -19.4. The van der Waals surface area contributed by atoms with E-state index >= 15 is 0 Å². The molecule has 0 saturated carbocycles. The third-order valence-corrected chi connectivity index (χ3v) is 29.4. The van der Waals surface area contributed by atoms with Crippen LogP contribution in [0, 0.1) is 0 Å². The van der Waals surface area contributed by atoms with Gasteiger partial charge < -0.3 is 0 Å². The van der Waals surface area contributed by atoms with E-state index in [1.807, 2.05) is 36.9 Å². The third kappa shape index (κ3) is 15.4. The zero-order valence-corrected chi connectivity index (χ0v) is 79.5. The summed E-state index contributed by atoms with van der Waals surface area (Å²) < 4.78 is 0. The number of hydrogen-bond donors (Lipinski definition) is 0. The van der Waals surface area contributed by atoms with Crippen molar-refractivity contribution >= 4 is 151 Å². The summed E-state index contributed by atoms with van der Waals surface area (Å²) in [4.78, 5) is 30.0. The van der Waals surface area contributed by atoms with E-state index in [9.17, 15) is 0 Å². The molecule has 0 saturated heterocycles. The van der Waals surface area contributed by atoms with Crippen molar-refractivity contribution in [3.05, 3.63) is 534 Å². The van der Waals surface area contributed by atoms with Gasteiger partial charge >= 0.3 is 0 Å². The van der Waals surface area contributed by atoms with Gasteiger partial charge in [-0.1, -0.05) is 443 Å². The Labute approximate surface area is 843 Å². The highest BCUT2D eigenvalue weighted by Crippen LogP contribution is 2.50. The minimum atomic E-state index is 0.967. The summed E-state index contributed by atoms with van der Waals surface area (Å²) in [5.41, 5.74) is 32.6. The molecule has 0 bridgehead atoms. The Kier molecular flexibility index (Phi) is 21.5. The molecule has 0 aliphatic carbocycles. The highest BCUT2D eigenvalue weighted by molar-refractivity contribution is 6.23. The standard InChI is InChI=1S/2C48H30N2.C44H28N2/c1-3-17-36-31(11-1)13-7-22-39(36)44-29-45-43(34-26-24-33(25-27-34)38-21-9-15-35-16-10-28-49-47(35)38)30-46(50-48(45)42-20-6-5-19-40(42)44)41-23-8-14-32-12-2-4-18-37(32)41;1-3-15-35-31(11-1)13-9-20-38(35)44-29-45-43(34-25-23-33(24-26-34)37-27-28-49-46-22-8-7-18-40(37)46)30-47(50-48(45)42-19-6-5-17-39(42)44)41-21-10-14-32-12-2-4-16-36(32)41;1-3-13-34-31(9-1)11-7-17-36(34)41-27-42-40(33-21-19-29(20-22-33)30-23-25-45-26-24-30)28-43(46-44(42)39-16-6-5-15-37(39)41)38-18-8-12-32-10-2-4-14-35(32)38/h2*1-30H;1-28H. The van der Waals surface area contributed by atoms with Gasteiger partial charge in [0.2, 0.25) is 0 Å². The van der Waals surface area contributed by atoms with Gasteiger partial charge in [-0.2, -0.15) is 0 Å². The van der Waals surface area contributed by atoms with Crippen LogP contribution >= 0.6 is 0 Å². The molecule has 0 unspecified atom stereocenters. The fraction of sp³-hybridized carbons (Fsp3) is 0. The molecule has 0 amide bonds. The van der Waals surface area contributed by atoms with Crippen molar-refractivity contribution in [3.63, 3.8) is 0 Å². The predicted octanol–water partition coefficient (Wildman–Crippen LogP) is 37.6. The van der Waals surface area contributed by atoms with Gasteiger partial charge in [0.05, 0.1) is 44.7 Å². The molecule has 23 aromatic carbocycles. The lowest BCUT2D eigenvalue weighted by Crippen LogP contribution is -1.94. The first-order chi connectivity index (χ1) is 72.4. The SMILES string of the molecule is c1ccc2c(-c3cc(-c4ccc(-c5cccc6cccnc56)cc4)c4cc(-c5cccc6ccccc56)c5ccccc5c4n3)cccc2c1.c1ccc2c(-c3cc(-c4ccc(-c5ccnc6ccccc56)cc4)c4cc(-c5cccc6ccccc56)c5ccccc5c4n3)cccc2c1.c1ccc2c(-c3cc(-c4ccc(-c5ccncc5)cc4)c4cc(-c5cccc6ccccc56)c5ccccc5c4n3)cccc2c1. The Morgan fingerprint density at radius 1 is 0.116 bits per heavy atom. The molecule has 678 valence electrons. The van der Waals surface area contributed by atoms with Crippen LogP contribution in [0.15, 0.2) is 534 Å². The molecule has 29 rings (SSSR count). The molecule has 0 radical (unpaired) electrons. The zero-order valence-electron chi connectivity index (χ0n) is 79.5. The molecule has 0 spiro atoms. The number of para-hydroxylation sites is 2. The van der Waals surface area contributed by atoms with Crippen LogP contribution in [-0.4, -0.2) is 29.9 Å². The highest BCUT2D eigenvalue weighted by Gasteiger charge is 2.25. The fourth-order valence-corrected chi connectivity index (χ4v) is 22.4. The number of benzene rings is 23. The Morgan fingerprint density at radius 3 is 0.740 bits per heavy atom. The molecule has 0 fully saturated rings. The van der Waals surface area contributed by atoms with Gasteiger partial charge in [0, 0.05) is 90.1 Å². The summed E-state index contributed by atoms with van der Waals surface area (Å²) in [6, 6.07) is 183. The fourth-order valence-electron chi connectivity index (χ4n) is 22.4. The first-order valence-corrected chi connectivity index (χ1v) is 49.8. The lowest BCUT2D eigenvalue weighted by molar-refractivity contribution is 1.33. The third-order valence-electron chi connectivity index (χ3n) is 29.4. The number of aromatic nitrogens is 6. The van der Waals surface area contributed by atoms with E-state index in [1.165, 1.54) is 136 Å². The summed E-state index contributed by atoms with van der Waals surface area (Å²) in [6.07, 6.45) is 7.46. The van der Waals surface area contributed by atoms with Crippen LogP contribution < -0.4 is 0 Å². The Balaban J connectivity index is 0.000000109. The van der Waals surface area contributed by atoms with E-state index in [0.717, 1.165) is 149 Å². The Bertz CT molecular complexity index is 9820. The normalized spacial score (nSPS) is 11.6. The van der Waals surface area contributed by atoms with E-state index in [4.69, 9.17) is 19.9 Å². The van der Waals surface area contributed by atoms with E-state index in [2.05, 4.69) is 507 Å². The lowest BCUT2D eigenvalue weighted by Gasteiger charge is -2.17. The van der Waals surface area contributed by atoms with Crippen molar-refractivity contribution < 1.29 is 0 Å². The molecular weight excluding hydrogens is 1770 g/mol. The van der Waals surface area contributed by atoms with E-state index in [1.54, 1.807) is 0 Å². The average Bonchev–Trinajstić information content (AvgIpc) is 0.736. The molecule has 0 N–H and O–H groups in total. The van der Waals surface area contributed by atoms with Gasteiger partial charge in [0.1, 0.15) is 0 Å². The number of hydrogen-bond acceptors (Lipinski definition) is 6. The van der Waals surface area contributed by atoms with Gasteiger partial charge in [0.15, 0.2) is 0 Å². The summed E-state index contributed by atoms with van der Waals surface area (Å²) in [6.45, 7) is 0. The first kappa shape index (κ1) is 85.8. The molecule has 6 aromatic heterocycles. The second-order valence-corrected chi connectivity index (χ2v) is 37.6. The maximum atomic E-state index is 5.50. The van der Waals surface area contributed by atoms with Crippen molar-refractivity contribution in [2.75, 3.05) is 0 Å². The van der Waals surface area contributed by atoms with Crippen LogP contribution in [0.25, 0.3) is 285 Å². The van der Waals surface area contributed by atoms with E-state index in [-0.39, 0.29) is 0 Å². The molecule has 0 atom stereocenters. The van der Waals surface area contributed by atoms with Gasteiger partial charge in [0.25, 0.3) is 0 Å². The van der Waals surface area contributed by atoms with Gasteiger partial charge in [-0.25, -0.2) is 15.0 Å². The van der Waals surface area contributed by atoms with E-state index in [0.29, 0.717) is 0 Å². The number of pyridine rings is 6. The maximum Gasteiger partial charge on any atom is 0.0794 e. The van der Waals surface area contributed by atoms with Crippen molar-refractivity contribution in [2.45, 2.75) is 0 Å². The maximum absolute atomic E-state index is 5.50. The van der Waals surface area contributed by atoms with Crippen molar-refractivity contribution in [1.82, 2.24) is 29.9 Å². The number of rotatable bonds is 12. The van der Waals surface area contributed by atoms with Crippen LogP contribution in [0.1, 0.15) is 0 Å². The van der Waals surface area contributed by atoms with Gasteiger partial charge in [-0.3, -0.25) is 15.0 Å². The van der Waals surface area contributed by atoms with Crippen LogP contribution in [-0.2, 0) is 0 Å². The zero-order chi connectivity index (χ0) is 96.5. The van der Waals surface area contributed by atoms with Crippen molar-refractivity contribution in [2.24, 2.45) is 0 Å². The lowest BCUT2D eigenvalue weighted by atomic mass is 9.88. The van der Waals surface area contributed by atoms with Crippen LogP contribution in [0.4, 0.5) is 0 Å². The molecule has 0 aliphatic rings. The summed E-state index contributed by atoms with van der Waals surface area (Å²) >= 11 is 0. The van der Waals surface area contributed by atoms with E-state index < -0.39 is 0 Å². The topological polar surface area (TPSA) is 77.3 Å². The van der Waals surface area contributed by atoms with Crippen molar-refractivity contribution in [3.8, 4) is 134 Å². The number of fused-ring (bicyclic) bond motifs is 17. The second-order valence-electron chi connectivity index (χ2n) is 37.6. The minimum absolute atomic E-state index is 0.967. The minimum Gasteiger partial charge on any atom is -0.265 e.